The monoisotopic (exact) mass is 496 g/mol. The Bertz CT molecular complexity index is 1390. The maximum Gasteiger partial charge on any atom is 0.325 e. The molecule has 2 aliphatic rings. The summed E-state index contributed by atoms with van der Waals surface area (Å²) in [5, 5.41) is 8.29. The van der Waals surface area contributed by atoms with Crippen molar-refractivity contribution in [3.63, 3.8) is 0 Å². The van der Waals surface area contributed by atoms with Gasteiger partial charge in [0.05, 0.1) is 11.3 Å². The highest BCUT2D eigenvalue weighted by atomic mass is 16.2. The van der Waals surface area contributed by atoms with E-state index in [-0.39, 0.29) is 11.5 Å². The molecular weight excluding hydrogens is 468 g/mol. The number of amides is 5. The molecule has 8 nitrogen and oxygen atoms in total. The van der Waals surface area contributed by atoms with Crippen LogP contribution >= 0.6 is 0 Å². The molecular formula is C29H28N4O4. The molecule has 1 atom stereocenters. The van der Waals surface area contributed by atoms with Crippen LogP contribution in [0.2, 0.25) is 0 Å². The molecule has 188 valence electrons. The Morgan fingerprint density at radius 1 is 0.946 bits per heavy atom. The summed E-state index contributed by atoms with van der Waals surface area (Å²) in [5.74, 6) is -1.41. The van der Waals surface area contributed by atoms with E-state index in [1.807, 2.05) is 48.5 Å². The number of nitrogens with zero attached hydrogens (tertiary/aromatic N) is 1. The summed E-state index contributed by atoms with van der Waals surface area (Å²) in [7, 11) is 0. The van der Waals surface area contributed by atoms with Gasteiger partial charge in [0.1, 0.15) is 12.1 Å². The van der Waals surface area contributed by atoms with Gasteiger partial charge in [0, 0.05) is 6.54 Å². The molecule has 37 heavy (non-hydrogen) atoms. The first-order valence-corrected chi connectivity index (χ1v) is 12.3. The number of anilines is 1. The van der Waals surface area contributed by atoms with Crippen molar-refractivity contribution in [3.05, 3.63) is 101 Å². The number of nitrogens with one attached hydrogen (secondary N) is 3. The van der Waals surface area contributed by atoms with Crippen molar-refractivity contribution in [1.82, 2.24) is 15.5 Å². The molecule has 3 N–H and O–H groups in total. The number of imide groups is 1. The molecule has 0 aromatic heterocycles. The van der Waals surface area contributed by atoms with Crippen molar-refractivity contribution in [1.29, 1.82) is 0 Å². The van der Waals surface area contributed by atoms with Crippen LogP contribution in [0.4, 0.5) is 10.5 Å². The van der Waals surface area contributed by atoms with Gasteiger partial charge in [-0.15, -0.1) is 0 Å². The Kier molecular flexibility index (Phi) is 6.48. The Balaban J connectivity index is 1.26. The van der Waals surface area contributed by atoms with Crippen LogP contribution in [0.1, 0.15) is 46.0 Å². The highest BCUT2D eigenvalue weighted by Crippen LogP contribution is 2.32. The van der Waals surface area contributed by atoms with Crippen molar-refractivity contribution in [2.24, 2.45) is 0 Å². The smallest absolute Gasteiger partial charge is 0.325 e. The topological polar surface area (TPSA) is 108 Å². The summed E-state index contributed by atoms with van der Waals surface area (Å²) in [6, 6.07) is 21.3. The van der Waals surface area contributed by atoms with Crippen molar-refractivity contribution >= 4 is 29.4 Å². The molecule has 1 saturated heterocycles. The number of rotatable bonds is 7. The Labute approximate surface area is 215 Å². The van der Waals surface area contributed by atoms with Gasteiger partial charge < -0.3 is 16.0 Å². The number of benzene rings is 3. The Morgan fingerprint density at radius 3 is 2.49 bits per heavy atom. The largest absolute Gasteiger partial charge is 0.348 e. The normalized spacial score (nSPS) is 18.4. The predicted molar refractivity (Wildman–Crippen MR) is 139 cm³/mol. The van der Waals surface area contributed by atoms with Gasteiger partial charge in [0.2, 0.25) is 5.91 Å². The lowest BCUT2D eigenvalue weighted by Crippen LogP contribution is -2.42. The van der Waals surface area contributed by atoms with Crippen LogP contribution in [-0.2, 0) is 34.5 Å². The molecule has 5 amide bonds. The van der Waals surface area contributed by atoms with Gasteiger partial charge in [-0.05, 0) is 60.6 Å². The second-order valence-corrected chi connectivity index (χ2v) is 9.55. The lowest BCUT2D eigenvalue weighted by molar-refractivity contribution is -0.133. The van der Waals surface area contributed by atoms with E-state index in [1.165, 1.54) is 11.1 Å². The number of hydrogen-bond acceptors (Lipinski definition) is 4. The van der Waals surface area contributed by atoms with Crippen LogP contribution in [-0.4, -0.2) is 35.2 Å². The highest BCUT2D eigenvalue weighted by Gasteiger charge is 2.49. The fourth-order valence-corrected chi connectivity index (χ4v) is 4.92. The van der Waals surface area contributed by atoms with Gasteiger partial charge in [-0.25, -0.2) is 4.79 Å². The molecule has 3 aromatic carbocycles. The van der Waals surface area contributed by atoms with Gasteiger partial charge in [-0.1, -0.05) is 60.7 Å². The van der Waals surface area contributed by atoms with E-state index in [9.17, 15) is 19.2 Å². The Morgan fingerprint density at radius 2 is 1.68 bits per heavy atom. The van der Waals surface area contributed by atoms with Crippen LogP contribution in [0.5, 0.6) is 0 Å². The van der Waals surface area contributed by atoms with E-state index in [0.717, 1.165) is 29.7 Å². The average Bonchev–Trinajstić information content (AvgIpc) is 3.46. The number of hydrogen-bond donors (Lipinski definition) is 3. The van der Waals surface area contributed by atoms with Gasteiger partial charge in [0.15, 0.2) is 0 Å². The first kappa shape index (κ1) is 24.2. The van der Waals surface area contributed by atoms with Crippen molar-refractivity contribution in [3.8, 4) is 0 Å². The third kappa shape index (κ3) is 4.82. The maximum absolute atomic E-state index is 13.3. The maximum atomic E-state index is 13.3. The second-order valence-electron chi connectivity index (χ2n) is 9.55. The molecule has 5 rings (SSSR count). The number of para-hydroxylation sites is 1. The molecule has 0 bridgehead atoms. The molecule has 1 heterocycles. The quantitative estimate of drug-likeness (QED) is 0.435. The number of carbonyl (C=O) groups is 4. The zero-order valence-electron chi connectivity index (χ0n) is 20.5. The van der Waals surface area contributed by atoms with Crippen molar-refractivity contribution in [2.45, 2.75) is 38.3 Å². The summed E-state index contributed by atoms with van der Waals surface area (Å²) in [4.78, 5) is 52.7. The highest BCUT2D eigenvalue weighted by molar-refractivity contribution is 6.11. The summed E-state index contributed by atoms with van der Waals surface area (Å²) in [6.45, 7) is 1.53. The third-order valence-corrected chi connectivity index (χ3v) is 6.99. The summed E-state index contributed by atoms with van der Waals surface area (Å²) in [5.41, 5.74) is 3.45. The van der Waals surface area contributed by atoms with E-state index in [0.29, 0.717) is 17.8 Å². The number of aryl methyl sites for hydroxylation is 2. The zero-order valence-corrected chi connectivity index (χ0v) is 20.5. The lowest BCUT2D eigenvalue weighted by Gasteiger charge is -2.23. The summed E-state index contributed by atoms with van der Waals surface area (Å²) >= 11 is 0. The van der Waals surface area contributed by atoms with Gasteiger partial charge in [-0.3, -0.25) is 19.3 Å². The van der Waals surface area contributed by atoms with E-state index < -0.39 is 29.9 Å². The zero-order chi connectivity index (χ0) is 26.0. The molecule has 1 aliphatic heterocycles. The lowest BCUT2D eigenvalue weighted by atomic mass is 9.89. The molecule has 1 aliphatic carbocycles. The van der Waals surface area contributed by atoms with Crippen LogP contribution in [0.25, 0.3) is 0 Å². The minimum Gasteiger partial charge on any atom is -0.348 e. The van der Waals surface area contributed by atoms with Crippen LogP contribution in [0.3, 0.4) is 0 Å². The van der Waals surface area contributed by atoms with E-state index in [4.69, 9.17) is 0 Å². The van der Waals surface area contributed by atoms with Gasteiger partial charge >= 0.3 is 6.03 Å². The number of carbonyl (C=O) groups excluding carboxylic acids is 4. The van der Waals surface area contributed by atoms with Crippen LogP contribution in [0, 0.1) is 0 Å². The number of urea groups is 1. The van der Waals surface area contributed by atoms with E-state index in [2.05, 4.69) is 16.0 Å². The van der Waals surface area contributed by atoms with E-state index in [1.54, 1.807) is 31.2 Å². The summed E-state index contributed by atoms with van der Waals surface area (Å²) < 4.78 is 0. The van der Waals surface area contributed by atoms with Crippen molar-refractivity contribution in [2.75, 3.05) is 11.9 Å². The standard InChI is InChI=1S/C29H28N4O4/c1-29(22-15-14-20-10-7-11-21(20)16-22)27(36)33(28(37)32-29)18-25(34)31-24-13-6-5-12-23(24)26(35)30-17-19-8-3-2-4-9-19/h2-6,8-9,12-16H,7,10-11,17-18H2,1H3,(H,30,35)(H,31,34)(H,32,37)/t29-/m0/s1. The fourth-order valence-electron chi connectivity index (χ4n) is 4.92. The minimum absolute atomic E-state index is 0.284. The average molecular weight is 497 g/mol. The molecule has 0 saturated carbocycles. The van der Waals surface area contributed by atoms with E-state index >= 15 is 0 Å². The predicted octanol–water partition coefficient (Wildman–Crippen LogP) is 3.51. The molecule has 8 heteroatoms. The first-order valence-electron chi connectivity index (χ1n) is 12.3. The molecule has 0 radical (unpaired) electrons. The van der Waals surface area contributed by atoms with Gasteiger partial charge in [-0.2, -0.15) is 0 Å². The minimum atomic E-state index is -1.25. The second kappa shape index (κ2) is 9.89. The van der Waals surface area contributed by atoms with Crippen LogP contribution in [0.15, 0.2) is 72.8 Å². The number of fused-ring (bicyclic) bond motifs is 1. The molecule has 0 spiro atoms. The van der Waals surface area contributed by atoms with Crippen LogP contribution < -0.4 is 16.0 Å². The summed E-state index contributed by atoms with van der Waals surface area (Å²) in [6.07, 6.45) is 3.05. The third-order valence-electron chi connectivity index (χ3n) is 6.99. The first-order chi connectivity index (χ1) is 17.8. The van der Waals surface area contributed by atoms with Gasteiger partial charge in [0.25, 0.3) is 11.8 Å². The molecule has 0 unspecified atom stereocenters. The fraction of sp³-hybridized carbons (Fsp3) is 0.241. The molecule has 1 fully saturated rings. The van der Waals surface area contributed by atoms with Crippen molar-refractivity contribution < 1.29 is 19.2 Å². The Hall–Kier alpha value is -4.46. The SMILES string of the molecule is C[C@@]1(c2ccc3c(c2)CCC3)NC(=O)N(CC(=O)Nc2ccccc2C(=O)NCc2ccccc2)C1=O. The molecule has 3 aromatic rings.